The fourth-order valence-electron chi connectivity index (χ4n) is 1.63. The van der Waals surface area contributed by atoms with Gasteiger partial charge in [0.15, 0.2) is 0 Å². The second-order valence-corrected chi connectivity index (χ2v) is 5.73. The molecule has 1 aromatic heterocycles. The summed E-state index contributed by atoms with van der Waals surface area (Å²) in [4.78, 5) is 11.7. The molecule has 0 unspecified atom stereocenters. The SMILES string of the molecule is O=C(Cc1ccc(Br)cc1)NCCc1ccsc1. The number of carbonyl (C=O) groups excluding carboxylic acids is 1. The average Bonchev–Trinajstić information content (AvgIpc) is 2.85. The first-order valence-electron chi connectivity index (χ1n) is 5.76. The van der Waals surface area contributed by atoms with Crippen LogP contribution < -0.4 is 5.32 Å². The first-order valence-corrected chi connectivity index (χ1v) is 7.50. The monoisotopic (exact) mass is 323 g/mol. The van der Waals surface area contributed by atoms with E-state index in [-0.39, 0.29) is 5.91 Å². The van der Waals surface area contributed by atoms with Crippen molar-refractivity contribution in [3.63, 3.8) is 0 Å². The minimum Gasteiger partial charge on any atom is -0.355 e. The summed E-state index contributed by atoms with van der Waals surface area (Å²) in [5, 5.41) is 7.10. The third-order valence-electron chi connectivity index (χ3n) is 2.59. The molecule has 4 heteroatoms. The van der Waals surface area contributed by atoms with Crippen LogP contribution in [0.5, 0.6) is 0 Å². The molecule has 18 heavy (non-hydrogen) atoms. The molecule has 0 bridgehead atoms. The Labute approximate surface area is 119 Å². The Hall–Kier alpha value is -1.13. The lowest BCUT2D eigenvalue weighted by molar-refractivity contribution is -0.120. The molecule has 1 N–H and O–H groups in total. The molecule has 0 saturated carbocycles. The van der Waals surface area contributed by atoms with Crippen molar-refractivity contribution in [2.24, 2.45) is 0 Å². The van der Waals surface area contributed by atoms with E-state index in [2.05, 4.69) is 38.1 Å². The molecule has 0 aliphatic heterocycles. The molecule has 1 aromatic carbocycles. The molecule has 2 nitrogen and oxygen atoms in total. The van der Waals surface area contributed by atoms with Crippen LogP contribution in [0.2, 0.25) is 0 Å². The van der Waals surface area contributed by atoms with Crippen LogP contribution in [0.15, 0.2) is 45.6 Å². The number of rotatable bonds is 5. The zero-order chi connectivity index (χ0) is 12.8. The highest BCUT2D eigenvalue weighted by Crippen LogP contribution is 2.11. The van der Waals surface area contributed by atoms with Gasteiger partial charge in [0.1, 0.15) is 0 Å². The van der Waals surface area contributed by atoms with Gasteiger partial charge in [0.25, 0.3) is 0 Å². The van der Waals surface area contributed by atoms with Crippen molar-refractivity contribution in [1.82, 2.24) is 5.32 Å². The zero-order valence-electron chi connectivity index (χ0n) is 9.86. The number of thiophene rings is 1. The van der Waals surface area contributed by atoms with Gasteiger partial charge in [-0.25, -0.2) is 0 Å². The fraction of sp³-hybridized carbons (Fsp3) is 0.214. The van der Waals surface area contributed by atoms with Crippen molar-refractivity contribution in [3.8, 4) is 0 Å². The third kappa shape index (κ3) is 4.27. The van der Waals surface area contributed by atoms with Crippen LogP contribution in [0.25, 0.3) is 0 Å². The van der Waals surface area contributed by atoms with Gasteiger partial charge in [-0.3, -0.25) is 4.79 Å². The van der Waals surface area contributed by atoms with E-state index in [1.54, 1.807) is 11.3 Å². The molecule has 0 spiro atoms. The maximum atomic E-state index is 11.7. The predicted molar refractivity (Wildman–Crippen MR) is 78.9 cm³/mol. The summed E-state index contributed by atoms with van der Waals surface area (Å²) in [5.74, 6) is 0.0764. The quantitative estimate of drug-likeness (QED) is 0.897. The van der Waals surface area contributed by atoms with E-state index < -0.39 is 0 Å². The van der Waals surface area contributed by atoms with E-state index in [1.165, 1.54) is 5.56 Å². The van der Waals surface area contributed by atoms with Crippen molar-refractivity contribution < 1.29 is 4.79 Å². The number of nitrogens with one attached hydrogen (secondary N) is 1. The molecule has 2 aromatic rings. The molecule has 94 valence electrons. The Morgan fingerprint density at radius 2 is 1.94 bits per heavy atom. The molecular formula is C14H14BrNOS. The van der Waals surface area contributed by atoms with Gasteiger partial charge in [-0.05, 0) is 46.5 Å². The second-order valence-electron chi connectivity index (χ2n) is 4.03. The van der Waals surface area contributed by atoms with Crippen LogP contribution in [-0.4, -0.2) is 12.5 Å². The van der Waals surface area contributed by atoms with E-state index in [1.807, 2.05) is 24.3 Å². The number of carbonyl (C=O) groups is 1. The number of amides is 1. The van der Waals surface area contributed by atoms with Crippen LogP contribution >= 0.6 is 27.3 Å². The first kappa shape index (κ1) is 13.3. The molecule has 2 rings (SSSR count). The van der Waals surface area contributed by atoms with Gasteiger partial charge in [0.05, 0.1) is 6.42 Å². The fourth-order valence-corrected chi connectivity index (χ4v) is 2.60. The largest absolute Gasteiger partial charge is 0.355 e. The van der Waals surface area contributed by atoms with E-state index in [0.29, 0.717) is 13.0 Å². The summed E-state index contributed by atoms with van der Waals surface area (Å²) >= 11 is 5.06. The standard InChI is InChI=1S/C14H14BrNOS/c15-13-3-1-11(2-4-13)9-14(17)16-7-5-12-6-8-18-10-12/h1-4,6,8,10H,5,7,9H2,(H,16,17). The molecule has 0 aliphatic rings. The lowest BCUT2D eigenvalue weighted by Gasteiger charge is -2.04. The van der Waals surface area contributed by atoms with Crippen molar-refractivity contribution in [2.75, 3.05) is 6.54 Å². The average molecular weight is 324 g/mol. The number of halogens is 1. The van der Waals surface area contributed by atoms with E-state index in [0.717, 1.165) is 16.5 Å². The number of benzene rings is 1. The summed E-state index contributed by atoms with van der Waals surface area (Å²) in [5.41, 5.74) is 2.31. The predicted octanol–water partition coefficient (Wildman–Crippen LogP) is 3.41. The Balaban J connectivity index is 1.73. The molecule has 0 saturated heterocycles. The van der Waals surface area contributed by atoms with Gasteiger partial charge in [0, 0.05) is 11.0 Å². The van der Waals surface area contributed by atoms with Gasteiger partial charge >= 0.3 is 0 Å². The molecule has 1 amide bonds. The van der Waals surface area contributed by atoms with Crippen LogP contribution in [0, 0.1) is 0 Å². The first-order chi connectivity index (χ1) is 8.74. The molecule has 0 fully saturated rings. The minimum absolute atomic E-state index is 0.0764. The van der Waals surface area contributed by atoms with Crippen molar-refractivity contribution in [2.45, 2.75) is 12.8 Å². The maximum Gasteiger partial charge on any atom is 0.224 e. The Bertz CT molecular complexity index is 493. The van der Waals surface area contributed by atoms with Crippen LogP contribution in [0.3, 0.4) is 0 Å². The topological polar surface area (TPSA) is 29.1 Å². The second kappa shape index (κ2) is 6.71. The normalized spacial score (nSPS) is 10.3. The Morgan fingerprint density at radius 1 is 1.17 bits per heavy atom. The highest BCUT2D eigenvalue weighted by atomic mass is 79.9. The number of hydrogen-bond acceptors (Lipinski definition) is 2. The highest BCUT2D eigenvalue weighted by Gasteiger charge is 2.03. The molecule has 0 atom stereocenters. The molecule has 0 aliphatic carbocycles. The van der Waals surface area contributed by atoms with Crippen molar-refractivity contribution in [3.05, 3.63) is 56.7 Å². The van der Waals surface area contributed by atoms with E-state index in [9.17, 15) is 4.79 Å². The Kier molecular flexibility index (Phi) is 4.96. The molecule has 1 heterocycles. The highest BCUT2D eigenvalue weighted by molar-refractivity contribution is 9.10. The van der Waals surface area contributed by atoms with Gasteiger partial charge in [-0.1, -0.05) is 28.1 Å². The van der Waals surface area contributed by atoms with Gasteiger partial charge in [0.2, 0.25) is 5.91 Å². The lowest BCUT2D eigenvalue weighted by Crippen LogP contribution is -2.27. The summed E-state index contributed by atoms with van der Waals surface area (Å²) in [6, 6.07) is 9.92. The summed E-state index contributed by atoms with van der Waals surface area (Å²) in [6.45, 7) is 0.700. The van der Waals surface area contributed by atoms with Crippen LogP contribution in [0.1, 0.15) is 11.1 Å². The number of hydrogen-bond donors (Lipinski definition) is 1. The van der Waals surface area contributed by atoms with E-state index >= 15 is 0 Å². The third-order valence-corrected chi connectivity index (χ3v) is 3.85. The summed E-state index contributed by atoms with van der Waals surface area (Å²) < 4.78 is 1.03. The summed E-state index contributed by atoms with van der Waals surface area (Å²) in [7, 11) is 0. The minimum atomic E-state index is 0.0764. The lowest BCUT2D eigenvalue weighted by atomic mass is 10.1. The summed E-state index contributed by atoms with van der Waals surface area (Å²) in [6.07, 6.45) is 1.34. The molecule has 0 radical (unpaired) electrons. The maximum absolute atomic E-state index is 11.7. The van der Waals surface area contributed by atoms with Gasteiger partial charge < -0.3 is 5.32 Å². The van der Waals surface area contributed by atoms with Crippen molar-refractivity contribution >= 4 is 33.2 Å². The van der Waals surface area contributed by atoms with Crippen LogP contribution in [-0.2, 0) is 17.6 Å². The van der Waals surface area contributed by atoms with Gasteiger partial charge in [-0.2, -0.15) is 11.3 Å². The van der Waals surface area contributed by atoms with Gasteiger partial charge in [-0.15, -0.1) is 0 Å². The van der Waals surface area contributed by atoms with Crippen molar-refractivity contribution in [1.29, 1.82) is 0 Å². The zero-order valence-corrected chi connectivity index (χ0v) is 12.3. The smallest absolute Gasteiger partial charge is 0.224 e. The Morgan fingerprint density at radius 3 is 2.61 bits per heavy atom. The molecular weight excluding hydrogens is 310 g/mol. The van der Waals surface area contributed by atoms with E-state index in [4.69, 9.17) is 0 Å². The van der Waals surface area contributed by atoms with Crippen LogP contribution in [0.4, 0.5) is 0 Å².